The lowest BCUT2D eigenvalue weighted by atomic mass is 10.0. The van der Waals surface area contributed by atoms with Crippen molar-refractivity contribution in [2.24, 2.45) is 5.92 Å². The molecule has 1 saturated heterocycles. The van der Waals surface area contributed by atoms with Gasteiger partial charge in [0.15, 0.2) is 0 Å². The van der Waals surface area contributed by atoms with Crippen LogP contribution in [0.2, 0.25) is 0 Å². The van der Waals surface area contributed by atoms with Crippen LogP contribution in [0.4, 0.5) is 0 Å². The highest BCUT2D eigenvalue weighted by Crippen LogP contribution is 2.27. The minimum Gasteiger partial charge on any atom is -0.303 e. The van der Waals surface area contributed by atoms with Gasteiger partial charge in [-0.05, 0) is 37.5 Å². The maximum Gasteiger partial charge on any atom is 0.243 e. The molecule has 1 fully saturated rings. The molecule has 0 aromatic heterocycles. The van der Waals surface area contributed by atoms with Crippen molar-refractivity contribution >= 4 is 32.2 Å². The maximum absolute atomic E-state index is 12.6. The van der Waals surface area contributed by atoms with Gasteiger partial charge < -0.3 is 4.79 Å². The number of nitrogens with zero attached hydrogens (tertiary/aromatic N) is 1. The topological polar surface area (TPSA) is 54.5 Å². The largest absolute Gasteiger partial charge is 0.303 e. The Morgan fingerprint density at radius 2 is 2.16 bits per heavy atom. The Bertz CT molecular complexity index is 586. The summed E-state index contributed by atoms with van der Waals surface area (Å²) in [7, 11) is -3.51. The zero-order valence-corrected chi connectivity index (χ0v) is 13.1. The molecule has 1 atom stereocenters. The third kappa shape index (κ3) is 3.07. The summed E-state index contributed by atoms with van der Waals surface area (Å²) in [4.78, 5) is 11.2. The number of sulfonamides is 1. The second-order valence-electron chi connectivity index (χ2n) is 4.81. The van der Waals surface area contributed by atoms with E-state index in [0.29, 0.717) is 11.4 Å². The average Bonchev–Trinajstić information content (AvgIpc) is 2.41. The zero-order chi connectivity index (χ0) is 14.0. The first-order valence-electron chi connectivity index (χ1n) is 6.17. The molecular weight excluding hydrogens is 330 g/mol. The average molecular weight is 346 g/mol. The number of aryl methyl sites for hydroxylation is 1. The highest BCUT2D eigenvalue weighted by atomic mass is 79.9. The third-order valence-corrected chi connectivity index (χ3v) is 5.88. The van der Waals surface area contributed by atoms with Crippen molar-refractivity contribution in [3.05, 3.63) is 28.2 Å². The van der Waals surface area contributed by atoms with Gasteiger partial charge in [-0.1, -0.05) is 22.0 Å². The summed E-state index contributed by atoms with van der Waals surface area (Å²) in [6.45, 7) is 2.55. The summed E-state index contributed by atoms with van der Waals surface area (Å²) < 4.78 is 27.4. The zero-order valence-electron chi connectivity index (χ0n) is 10.7. The molecule has 2 rings (SSSR count). The van der Waals surface area contributed by atoms with Gasteiger partial charge in [-0.25, -0.2) is 8.42 Å². The summed E-state index contributed by atoms with van der Waals surface area (Å²) in [5.41, 5.74) is 0.719. The molecule has 1 aromatic carbocycles. The van der Waals surface area contributed by atoms with E-state index in [1.165, 1.54) is 4.31 Å². The monoisotopic (exact) mass is 345 g/mol. The first-order chi connectivity index (χ1) is 8.95. The van der Waals surface area contributed by atoms with E-state index in [2.05, 4.69) is 15.9 Å². The standard InChI is InChI=1S/C13H16BrNO3S/c1-10-4-5-12(14)7-13(10)19(17,18)15-6-2-3-11(8-15)9-16/h4-5,7,9,11H,2-3,6,8H2,1H3. The number of hydrogen-bond acceptors (Lipinski definition) is 3. The van der Waals surface area contributed by atoms with Crippen molar-refractivity contribution < 1.29 is 13.2 Å². The highest BCUT2D eigenvalue weighted by Gasteiger charge is 2.31. The van der Waals surface area contributed by atoms with Crippen LogP contribution in [-0.4, -0.2) is 32.1 Å². The SMILES string of the molecule is Cc1ccc(Br)cc1S(=O)(=O)N1CCCC(C=O)C1. The van der Waals surface area contributed by atoms with Crippen LogP contribution < -0.4 is 0 Å². The number of rotatable bonds is 3. The Labute approximate surface area is 122 Å². The first-order valence-corrected chi connectivity index (χ1v) is 8.40. The van der Waals surface area contributed by atoms with Gasteiger partial charge in [0.2, 0.25) is 10.0 Å². The number of aldehydes is 1. The van der Waals surface area contributed by atoms with Gasteiger partial charge in [0, 0.05) is 23.5 Å². The lowest BCUT2D eigenvalue weighted by Crippen LogP contribution is -2.40. The van der Waals surface area contributed by atoms with Gasteiger partial charge in [-0.15, -0.1) is 0 Å². The minimum atomic E-state index is -3.51. The van der Waals surface area contributed by atoms with Gasteiger partial charge in [0.1, 0.15) is 6.29 Å². The van der Waals surface area contributed by atoms with Crippen LogP contribution >= 0.6 is 15.9 Å². The highest BCUT2D eigenvalue weighted by molar-refractivity contribution is 9.10. The third-order valence-electron chi connectivity index (χ3n) is 3.38. The molecule has 0 amide bonds. The molecule has 6 heteroatoms. The van der Waals surface area contributed by atoms with Crippen molar-refractivity contribution in [2.45, 2.75) is 24.7 Å². The predicted octanol–water partition coefficient (Wildman–Crippen LogP) is 2.36. The molecule has 1 heterocycles. The van der Waals surface area contributed by atoms with E-state index >= 15 is 0 Å². The molecule has 0 bridgehead atoms. The number of carbonyl (C=O) groups is 1. The lowest BCUT2D eigenvalue weighted by Gasteiger charge is -2.29. The fourth-order valence-corrected chi connectivity index (χ4v) is 4.59. The van der Waals surface area contributed by atoms with E-state index in [1.807, 2.05) is 6.07 Å². The van der Waals surface area contributed by atoms with Gasteiger partial charge in [0.05, 0.1) is 4.90 Å². The minimum absolute atomic E-state index is 0.184. The molecule has 1 unspecified atom stereocenters. The number of halogens is 1. The Hall–Kier alpha value is -0.720. The van der Waals surface area contributed by atoms with Crippen LogP contribution in [0, 0.1) is 12.8 Å². The Morgan fingerprint density at radius 3 is 2.84 bits per heavy atom. The van der Waals surface area contributed by atoms with Gasteiger partial charge in [-0.2, -0.15) is 4.31 Å². The summed E-state index contributed by atoms with van der Waals surface area (Å²) in [6, 6.07) is 5.21. The van der Waals surface area contributed by atoms with Crippen molar-refractivity contribution in [3.63, 3.8) is 0 Å². The molecule has 0 radical (unpaired) electrons. The Balaban J connectivity index is 2.36. The number of piperidine rings is 1. The number of benzene rings is 1. The van der Waals surface area contributed by atoms with E-state index in [-0.39, 0.29) is 12.5 Å². The van der Waals surface area contributed by atoms with Crippen LogP contribution in [-0.2, 0) is 14.8 Å². The molecule has 1 aliphatic rings. The van der Waals surface area contributed by atoms with E-state index < -0.39 is 10.0 Å². The molecule has 1 aromatic rings. The number of carbonyl (C=O) groups excluding carboxylic acids is 1. The predicted molar refractivity (Wildman–Crippen MR) is 76.4 cm³/mol. The first kappa shape index (κ1) is 14.7. The normalized spacial score (nSPS) is 21.3. The number of hydrogen-bond donors (Lipinski definition) is 0. The fourth-order valence-electron chi connectivity index (χ4n) is 2.29. The molecular formula is C13H16BrNO3S. The van der Waals surface area contributed by atoms with Gasteiger partial charge in [0.25, 0.3) is 0 Å². The van der Waals surface area contributed by atoms with Crippen LogP contribution in [0.3, 0.4) is 0 Å². The van der Waals surface area contributed by atoms with E-state index in [4.69, 9.17) is 0 Å². The second kappa shape index (κ2) is 5.73. The Kier molecular flexibility index (Phi) is 4.43. The lowest BCUT2D eigenvalue weighted by molar-refractivity contribution is -0.112. The van der Waals surface area contributed by atoms with Crippen LogP contribution in [0.25, 0.3) is 0 Å². The van der Waals surface area contributed by atoms with Gasteiger partial charge in [-0.3, -0.25) is 0 Å². The molecule has 1 aliphatic heterocycles. The van der Waals surface area contributed by atoms with Crippen molar-refractivity contribution in [2.75, 3.05) is 13.1 Å². The molecule has 0 aliphatic carbocycles. The van der Waals surface area contributed by atoms with E-state index in [0.717, 1.165) is 29.2 Å². The maximum atomic E-state index is 12.6. The summed E-state index contributed by atoms with van der Waals surface area (Å²) >= 11 is 3.30. The van der Waals surface area contributed by atoms with Crippen LogP contribution in [0.1, 0.15) is 18.4 Å². The van der Waals surface area contributed by atoms with Crippen LogP contribution in [0.15, 0.2) is 27.6 Å². The van der Waals surface area contributed by atoms with Crippen molar-refractivity contribution in [1.82, 2.24) is 4.31 Å². The summed E-state index contributed by atoms with van der Waals surface area (Å²) in [6.07, 6.45) is 2.36. The van der Waals surface area contributed by atoms with Gasteiger partial charge >= 0.3 is 0 Å². The Morgan fingerprint density at radius 1 is 1.42 bits per heavy atom. The van der Waals surface area contributed by atoms with E-state index in [9.17, 15) is 13.2 Å². The smallest absolute Gasteiger partial charge is 0.243 e. The van der Waals surface area contributed by atoms with Crippen molar-refractivity contribution in [1.29, 1.82) is 0 Å². The molecule has 0 N–H and O–H groups in total. The molecule has 0 spiro atoms. The quantitative estimate of drug-likeness (QED) is 0.790. The molecule has 19 heavy (non-hydrogen) atoms. The van der Waals surface area contributed by atoms with Crippen molar-refractivity contribution in [3.8, 4) is 0 Å². The summed E-state index contributed by atoms with van der Waals surface area (Å²) in [5.74, 6) is -0.184. The molecule has 0 saturated carbocycles. The molecule has 4 nitrogen and oxygen atoms in total. The van der Waals surface area contributed by atoms with E-state index in [1.54, 1.807) is 19.1 Å². The van der Waals surface area contributed by atoms with Crippen LogP contribution in [0.5, 0.6) is 0 Å². The second-order valence-corrected chi connectivity index (χ2v) is 7.63. The fraction of sp³-hybridized carbons (Fsp3) is 0.462. The molecule has 104 valence electrons. The summed E-state index contributed by atoms with van der Waals surface area (Å²) in [5, 5.41) is 0.